The summed E-state index contributed by atoms with van der Waals surface area (Å²) in [7, 11) is 0. The molecule has 0 saturated heterocycles. The van der Waals surface area contributed by atoms with Gasteiger partial charge in [0.15, 0.2) is 0 Å². The molecule has 0 radical (unpaired) electrons. The van der Waals surface area contributed by atoms with E-state index in [1.165, 1.54) is 17.2 Å². The summed E-state index contributed by atoms with van der Waals surface area (Å²) in [6.45, 7) is 6.23. The Morgan fingerprint density at radius 1 is 1.14 bits per heavy atom. The van der Waals surface area contributed by atoms with Crippen LogP contribution >= 0.6 is 15.9 Å². The Labute approximate surface area is 134 Å². The molecule has 1 N–H and O–H groups in total. The van der Waals surface area contributed by atoms with Crippen molar-refractivity contribution in [2.45, 2.75) is 39.3 Å². The average Bonchev–Trinajstić information content (AvgIpc) is 2.45. The molecule has 0 heterocycles. The fraction of sp³-hybridized carbons (Fsp3) is 0.333. The molecule has 0 aliphatic carbocycles. The smallest absolute Gasteiger partial charge is 0.129 e. The third-order valence-corrected chi connectivity index (χ3v) is 4.26. The molecule has 0 aromatic heterocycles. The van der Waals surface area contributed by atoms with Crippen LogP contribution in [0.4, 0.5) is 4.39 Å². The number of hydrogen-bond donors (Lipinski definition) is 1. The molecule has 0 fully saturated rings. The van der Waals surface area contributed by atoms with E-state index in [1.54, 1.807) is 0 Å². The van der Waals surface area contributed by atoms with Crippen LogP contribution in [-0.2, 0) is 0 Å². The zero-order chi connectivity index (χ0) is 15.4. The molecule has 0 saturated carbocycles. The maximum atomic E-state index is 14.0. The highest BCUT2D eigenvalue weighted by Crippen LogP contribution is 2.25. The highest BCUT2D eigenvalue weighted by Gasteiger charge is 2.16. The van der Waals surface area contributed by atoms with Crippen LogP contribution in [0.5, 0.6) is 0 Å². The van der Waals surface area contributed by atoms with E-state index in [1.807, 2.05) is 19.1 Å². The lowest BCUT2D eigenvalue weighted by Gasteiger charge is -2.23. The third-order valence-electron chi connectivity index (χ3n) is 3.77. The lowest BCUT2D eigenvalue weighted by molar-refractivity contribution is 0.442. The van der Waals surface area contributed by atoms with Gasteiger partial charge in [0, 0.05) is 22.1 Å². The van der Waals surface area contributed by atoms with Gasteiger partial charge in [-0.25, -0.2) is 4.39 Å². The molecule has 0 aliphatic heterocycles. The van der Waals surface area contributed by atoms with Crippen LogP contribution in [0, 0.1) is 12.7 Å². The van der Waals surface area contributed by atoms with Crippen molar-refractivity contribution in [2.75, 3.05) is 0 Å². The molecule has 1 nitrogen and oxygen atoms in total. The summed E-state index contributed by atoms with van der Waals surface area (Å²) >= 11 is 3.29. The summed E-state index contributed by atoms with van der Waals surface area (Å²) in [5.74, 6) is -0.178. The lowest BCUT2D eigenvalue weighted by Crippen LogP contribution is -2.25. The summed E-state index contributed by atoms with van der Waals surface area (Å²) in [6.07, 6.45) is 0.964. The van der Waals surface area contributed by atoms with E-state index in [9.17, 15) is 4.39 Å². The third kappa shape index (κ3) is 4.14. The van der Waals surface area contributed by atoms with Crippen molar-refractivity contribution in [1.82, 2.24) is 5.32 Å². The molecule has 2 unspecified atom stereocenters. The molecule has 0 spiro atoms. The summed E-state index contributed by atoms with van der Waals surface area (Å²) in [6, 6.07) is 13.9. The van der Waals surface area contributed by atoms with Gasteiger partial charge in [0.25, 0.3) is 0 Å². The Morgan fingerprint density at radius 2 is 1.81 bits per heavy atom. The monoisotopic (exact) mass is 349 g/mol. The van der Waals surface area contributed by atoms with Gasteiger partial charge in [0.2, 0.25) is 0 Å². The Balaban J connectivity index is 2.15. The molecule has 2 atom stereocenters. The van der Waals surface area contributed by atoms with E-state index in [2.05, 4.69) is 59.4 Å². The normalized spacial score (nSPS) is 14.0. The molecule has 0 bridgehead atoms. The molecular weight excluding hydrogens is 329 g/mol. The molecule has 21 heavy (non-hydrogen) atoms. The summed E-state index contributed by atoms with van der Waals surface area (Å²) in [4.78, 5) is 0. The zero-order valence-electron chi connectivity index (χ0n) is 12.7. The van der Waals surface area contributed by atoms with Crippen LogP contribution in [0.2, 0.25) is 0 Å². The van der Waals surface area contributed by atoms with Gasteiger partial charge < -0.3 is 5.32 Å². The maximum Gasteiger partial charge on any atom is 0.129 e. The Hall–Kier alpha value is -1.19. The van der Waals surface area contributed by atoms with Crippen molar-refractivity contribution in [2.24, 2.45) is 0 Å². The van der Waals surface area contributed by atoms with E-state index in [0.29, 0.717) is 5.56 Å². The van der Waals surface area contributed by atoms with Crippen LogP contribution in [0.3, 0.4) is 0 Å². The Kier molecular flexibility index (Phi) is 5.54. The van der Waals surface area contributed by atoms with Crippen molar-refractivity contribution in [3.05, 3.63) is 69.4 Å². The first-order chi connectivity index (χ1) is 10.0. The fourth-order valence-corrected chi connectivity index (χ4v) is 2.83. The Morgan fingerprint density at radius 3 is 2.38 bits per heavy atom. The van der Waals surface area contributed by atoms with Gasteiger partial charge in [0.1, 0.15) is 5.82 Å². The van der Waals surface area contributed by atoms with Crippen molar-refractivity contribution in [3.8, 4) is 0 Å². The van der Waals surface area contributed by atoms with Gasteiger partial charge >= 0.3 is 0 Å². The second kappa shape index (κ2) is 7.19. The van der Waals surface area contributed by atoms with E-state index >= 15 is 0 Å². The summed E-state index contributed by atoms with van der Waals surface area (Å²) in [5, 5.41) is 3.52. The van der Waals surface area contributed by atoms with Gasteiger partial charge in [-0.2, -0.15) is 0 Å². The lowest BCUT2D eigenvalue weighted by atomic mass is 10.00. The number of benzene rings is 2. The standard InChI is InChI=1S/C18H21BrFN/c1-4-18(14-7-5-12(2)6-8-14)21-13(3)16-10-9-15(19)11-17(16)20/h5-11,13,18,21H,4H2,1-3H3. The molecular formula is C18H21BrFN. The molecule has 3 heteroatoms. The Bertz CT molecular complexity index is 595. The van der Waals surface area contributed by atoms with E-state index in [0.717, 1.165) is 10.9 Å². The second-order valence-corrected chi connectivity index (χ2v) is 6.34. The number of halogens is 2. The minimum atomic E-state index is -0.178. The number of nitrogens with one attached hydrogen (secondary N) is 1. The first-order valence-electron chi connectivity index (χ1n) is 7.28. The molecule has 0 aliphatic rings. The van der Waals surface area contributed by atoms with Crippen molar-refractivity contribution in [3.63, 3.8) is 0 Å². The number of rotatable bonds is 5. The number of hydrogen-bond acceptors (Lipinski definition) is 1. The highest BCUT2D eigenvalue weighted by atomic mass is 79.9. The van der Waals surface area contributed by atoms with Crippen LogP contribution in [-0.4, -0.2) is 0 Å². The summed E-state index contributed by atoms with van der Waals surface area (Å²) in [5.41, 5.74) is 3.19. The van der Waals surface area contributed by atoms with Crippen LogP contribution < -0.4 is 5.32 Å². The SMILES string of the molecule is CCC(NC(C)c1ccc(Br)cc1F)c1ccc(C)cc1. The fourth-order valence-electron chi connectivity index (χ4n) is 2.49. The molecule has 112 valence electrons. The van der Waals surface area contributed by atoms with Crippen molar-refractivity contribution >= 4 is 15.9 Å². The van der Waals surface area contributed by atoms with Crippen LogP contribution in [0.25, 0.3) is 0 Å². The van der Waals surface area contributed by atoms with Crippen LogP contribution in [0.15, 0.2) is 46.9 Å². The van der Waals surface area contributed by atoms with Gasteiger partial charge in [-0.3, -0.25) is 0 Å². The predicted molar refractivity (Wildman–Crippen MR) is 89.9 cm³/mol. The van der Waals surface area contributed by atoms with Gasteiger partial charge in [0.05, 0.1) is 0 Å². The maximum absolute atomic E-state index is 14.0. The van der Waals surface area contributed by atoms with Gasteiger partial charge in [-0.1, -0.05) is 58.7 Å². The molecule has 2 rings (SSSR count). The van der Waals surface area contributed by atoms with Crippen molar-refractivity contribution in [1.29, 1.82) is 0 Å². The summed E-state index contributed by atoms with van der Waals surface area (Å²) < 4.78 is 14.8. The van der Waals surface area contributed by atoms with Gasteiger partial charge in [-0.15, -0.1) is 0 Å². The average molecular weight is 350 g/mol. The quantitative estimate of drug-likeness (QED) is 0.730. The second-order valence-electron chi connectivity index (χ2n) is 5.43. The van der Waals surface area contributed by atoms with E-state index in [4.69, 9.17) is 0 Å². The largest absolute Gasteiger partial charge is 0.303 e. The molecule has 0 amide bonds. The molecule has 2 aromatic carbocycles. The van der Waals surface area contributed by atoms with E-state index in [-0.39, 0.29) is 17.9 Å². The predicted octanol–water partition coefficient (Wildman–Crippen LogP) is 5.70. The van der Waals surface area contributed by atoms with E-state index < -0.39 is 0 Å². The number of aryl methyl sites for hydroxylation is 1. The van der Waals surface area contributed by atoms with Gasteiger partial charge in [-0.05, 0) is 38.0 Å². The first kappa shape index (κ1) is 16.2. The van der Waals surface area contributed by atoms with Crippen molar-refractivity contribution < 1.29 is 4.39 Å². The minimum Gasteiger partial charge on any atom is -0.303 e. The first-order valence-corrected chi connectivity index (χ1v) is 8.08. The highest BCUT2D eigenvalue weighted by molar-refractivity contribution is 9.10. The topological polar surface area (TPSA) is 12.0 Å². The minimum absolute atomic E-state index is 0.0376. The van der Waals surface area contributed by atoms with Crippen LogP contribution in [0.1, 0.15) is 49.0 Å². The zero-order valence-corrected chi connectivity index (χ0v) is 14.2. The molecule has 2 aromatic rings.